The quantitative estimate of drug-likeness (QED) is 0.622. The SMILES string of the molecule is COC(=O)CCCNC(=O)c1cccc2c1CNCC2. The summed E-state index contributed by atoms with van der Waals surface area (Å²) < 4.78 is 4.56. The lowest BCUT2D eigenvalue weighted by molar-refractivity contribution is -0.140. The van der Waals surface area contributed by atoms with Gasteiger partial charge in [-0.05, 0) is 36.6 Å². The van der Waals surface area contributed by atoms with Crippen LogP contribution in [0.2, 0.25) is 0 Å². The summed E-state index contributed by atoms with van der Waals surface area (Å²) in [4.78, 5) is 23.2. The minimum atomic E-state index is -0.250. The third-order valence-electron chi connectivity index (χ3n) is 3.46. The van der Waals surface area contributed by atoms with Crippen molar-refractivity contribution in [2.45, 2.75) is 25.8 Å². The molecule has 1 aliphatic rings. The van der Waals surface area contributed by atoms with Gasteiger partial charge in [-0.1, -0.05) is 12.1 Å². The Bertz CT molecular complexity index is 500. The van der Waals surface area contributed by atoms with Gasteiger partial charge in [-0.2, -0.15) is 0 Å². The summed E-state index contributed by atoms with van der Waals surface area (Å²) in [7, 11) is 1.37. The van der Waals surface area contributed by atoms with Crippen LogP contribution in [0.3, 0.4) is 0 Å². The fourth-order valence-electron chi connectivity index (χ4n) is 2.36. The maximum absolute atomic E-state index is 12.2. The van der Waals surface area contributed by atoms with E-state index in [1.807, 2.05) is 12.1 Å². The minimum absolute atomic E-state index is 0.0737. The average Bonchev–Trinajstić information content (AvgIpc) is 2.50. The predicted octanol–water partition coefficient (Wildman–Crippen LogP) is 1.02. The molecule has 2 rings (SSSR count). The second-order valence-corrected chi connectivity index (χ2v) is 4.81. The molecule has 0 radical (unpaired) electrons. The molecular weight excluding hydrogens is 256 g/mol. The van der Waals surface area contributed by atoms with Crippen molar-refractivity contribution < 1.29 is 14.3 Å². The molecule has 1 aliphatic heterocycles. The van der Waals surface area contributed by atoms with Gasteiger partial charge in [-0.25, -0.2) is 0 Å². The first-order chi connectivity index (χ1) is 9.72. The number of hydrogen-bond donors (Lipinski definition) is 2. The van der Waals surface area contributed by atoms with Crippen LogP contribution in [-0.4, -0.2) is 32.1 Å². The van der Waals surface area contributed by atoms with E-state index in [9.17, 15) is 9.59 Å². The van der Waals surface area contributed by atoms with Crippen molar-refractivity contribution in [1.29, 1.82) is 0 Å². The van der Waals surface area contributed by atoms with Crippen molar-refractivity contribution >= 4 is 11.9 Å². The van der Waals surface area contributed by atoms with E-state index in [0.717, 1.165) is 30.6 Å². The molecule has 108 valence electrons. The first-order valence-corrected chi connectivity index (χ1v) is 6.89. The number of nitrogens with one attached hydrogen (secondary N) is 2. The molecule has 0 aliphatic carbocycles. The molecule has 0 saturated carbocycles. The maximum atomic E-state index is 12.2. The van der Waals surface area contributed by atoms with Crippen molar-refractivity contribution in [2.75, 3.05) is 20.2 Å². The summed E-state index contributed by atoms with van der Waals surface area (Å²) in [5.41, 5.74) is 3.06. The maximum Gasteiger partial charge on any atom is 0.305 e. The zero-order valence-electron chi connectivity index (χ0n) is 11.7. The van der Waals surface area contributed by atoms with Crippen molar-refractivity contribution in [3.63, 3.8) is 0 Å². The molecule has 0 saturated heterocycles. The second kappa shape index (κ2) is 7.05. The van der Waals surface area contributed by atoms with Gasteiger partial charge in [-0.15, -0.1) is 0 Å². The van der Waals surface area contributed by atoms with Gasteiger partial charge in [0.1, 0.15) is 0 Å². The third kappa shape index (κ3) is 3.57. The lowest BCUT2D eigenvalue weighted by atomic mass is 9.95. The van der Waals surface area contributed by atoms with Gasteiger partial charge in [0.2, 0.25) is 0 Å². The number of fused-ring (bicyclic) bond motifs is 1. The zero-order chi connectivity index (χ0) is 14.4. The Morgan fingerprint density at radius 1 is 1.40 bits per heavy atom. The number of hydrogen-bond acceptors (Lipinski definition) is 4. The fourth-order valence-corrected chi connectivity index (χ4v) is 2.36. The molecule has 1 aromatic carbocycles. The second-order valence-electron chi connectivity index (χ2n) is 4.81. The number of benzene rings is 1. The number of amides is 1. The van der Waals surface area contributed by atoms with Gasteiger partial charge in [0, 0.05) is 25.1 Å². The van der Waals surface area contributed by atoms with Gasteiger partial charge in [-0.3, -0.25) is 9.59 Å². The van der Waals surface area contributed by atoms with Crippen LogP contribution in [0.4, 0.5) is 0 Å². The first kappa shape index (κ1) is 14.5. The van der Waals surface area contributed by atoms with Crippen LogP contribution in [0.25, 0.3) is 0 Å². The summed E-state index contributed by atoms with van der Waals surface area (Å²) in [6, 6.07) is 5.85. The van der Waals surface area contributed by atoms with Gasteiger partial charge in [0.05, 0.1) is 7.11 Å². The van der Waals surface area contributed by atoms with Crippen LogP contribution < -0.4 is 10.6 Å². The molecular formula is C15H20N2O3. The van der Waals surface area contributed by atoms with E-state index in [1.54, 1.807) is 0 Å². The van der Waals surface area contributed by atoms with E-state index in [4.69, 9.17) is 0 Å². The molecule has 2 N–H and O–H groups in total. The van der Waals surface area contributed by atoms with E-state index in [-0.39, 0.29) is 11.9 Å². The van der Waals surface area contributed by atoms with Crippen LogP contribution in [-0.2, 0) is 22.5 Å². The first-order valence-electron chi connectivity index (χ1n) is 6.89. The molecule has 0 atom stereocenters. The summed E-state index contributed by atoms with van der Waals surface area (Å²) in [6.07, 6.45) is 1.87. The van der Waals surface area contributed by atoms with Crippen molar-refractivity contribution in [2.24, 2.45) is 0 Å². The van der Waals surface area contributed by atoms with Crippen LogP contribution in [0.5, 0.6) is 0 Å². The van der Waals surface area contributed by atoms with E-state index >= 15 is 0 Å². The average molecular weight is 276 g/mol. The Labute approximate surface area is 118 Å². The minimum Gasteiger partial charge on any atom is -0.469 e. The lowest BCUT2D eigenvalue weighted by Gasteiger charge is -2.19. The molecule has 5 heteroatoms. The molecule has 0 spiro atoms. The molecule has 0 bridgehead atoms. The van der Waals surface area contributed by atoms with E-state index in [1.165, 1.54) is 12.7 Å². The van der Waals surface area contributed by atoms with Crippen LogP contribution >= 0.6 is 0 Å². The summed E-state index contributed by atoms with van der Waals surface area (Å²) in [5.74, 6) is -0.323. The summed E-state index contributed by atoms with van der Waals surface area (Å²) >= 11 is 0. The molecule has 0 aromatic heterocycles. The van der Waals surface area contributed by atoms with Crippen molar-refractivity contribution in [1.82, 2.24) is 10.6 Å². The Balaban J connectivity index is 1.91. The molecule has 20 heavy (non-hydrogen) atoms. The number of rotatable bonds is 5. The monoisotopic (exact) mass is 276 g/mol. The fraction of sp³-hybridized carbons (Fsp3) is 0.467. The highest BCUT2D eigenvalue weighted by Gasteiger charge is 2.16. The highest BCUT2D eigenvalue weighted by molar-refractivity contribution is 5.96. The largest absolute Gasteiger partial charge is 0.469 e. The molecule has 5 nitrogen and oxygen atoms in total. The molecule has 1 heterocycles. The highest BCUT2D eigenvalue weighted by Crippen LogP contribution is 2.18. The van der Waals surface area contributed by atoms with Crippen LogP contribution in [0, 0.1) is 0 Å². The standard InChI is InChI=1S/C15H20N2O3/c1-20-14(18)6-3-8-17-15(19)12-5-2-4-11-7-9-16-10-13(11)12/h2,4-5,16H,3,6-10H2,1H3,(H,17,19). The number of methoxy groups -OCH3 is 1. The summed E-state index contributed by atoms with van der Waals surface area (Å²) in [6.45, 7) is 2.17. The van der Waals surface area contributed by atoms with Gasteiger partial charge in [0.15, 0.2) is 0 Å². The number of ether oxygens (including phenoxy) is 1. The van der Waals surface area contributed by atoms with E-state index < -0.39 is 0 Å². The van der Waals surface area contributed by atoms with E-state index in [2.05, 4.69) is 21.4 Å². The molecule has 0 fully saturated rings. The zero-order valence-corrected chi connectivity index (χ0v) is 11.7. The number of carbonyl (C=O) groups is 2. The molecule has 1 amide bonds. The topological polar surface area (TPSA) is 67.4 Å². The Morgan fingerprint density at radius 3 is 3.05 bits per heavy atom. The van der Waals surface area contributed by atoms with Crippen molar-refractivity contribution in [3.05, 3.63) is 34.9 Å². The summed E-state index contributed by atoms with van der Waals surface area (Å²) in [5, 5.41) is 6.14. The van der Waals surface area contributed by atoms with E-state index in [0.29, 0.717) is 19.4 Å². The van der Waals surface area contributed by atoms with Gasteiger partial charge >= 0.3 is 5.97 Å². The Hall–Kier alpha value is -1.88. The third-order valence-corrected chi connectivity index (χ3v) is 3.46. The van der Waals surface area contributed by atoms with Crippen LogP contribution in [0.1, 0.15) is 34.3 Å². The molecule has 1 aromatic rings. The normalized spacial score (nSPS) is 13.4. The number of esters is 1. The van der Waals surface area contributed by atoms with Crippen molar-refractivity contribution in [3.8, 4) is 0 Å². The van der Waals surface area contributed by atoms with Gasteiger partial charge < -0.3 is 15.4 Å². The smallest absolute Gasteiger partial charge is 0.305 e. The highest BCUT2D eigenvalue weighted by atomic mass is 16.5. The lowest BCUT2D eigenvalue weighted by Crippen LogP contribution is -2.30. The molecule has 0 unspecified atom stereocenters. The van der Waals surface area contributed by atoms with Gasteiger partial charge in [0.25, 0.3) is 5.91 Å². The predicted molar refractivity (Wildman–Crippen MR) is 75.4 cm³/mol. The Kier molecular flexibility index (Phi) is 5.12. The van der Waals surface area contributed by atoms with Crippen LogP contribution in [0.15, 0.2) is 18.2 Å². The number of carbonyl (C=O) groups excluding carboxylic acids is 2. The Morgan fingerprint density at radius 2 is 2.25 bits per heavy atom.